The van der Waals surface area contributed by atoms with E-state index in [1.165, 1.54) is 0 Å². The smallest absolute Gasteiger partial charge is 0.244 e. The van der Waals surface area contributed by atoms with Gasteiger partial charge in [0, 0.05) is 35.1 Å². The molecule has 2 rings (SSSR count). The number of thioether (sulfide) groups is 1. The Kier molecular flexibility index (Phi) is 4.94. The third-order valence-corrected chi connectivity index (χ3v) is 7.71. The topological polar surface area (TPSA) is 49.4 Å². The number of aryl methyl sites for hydroxylation is 1. The second-order valence-electron chi connectivity index (χ2n) is 4.70. The van der Waals surface area contributed by atoms with Gasteiger partial charge in [-0.3, -0.25) is 0 Å². The lowest BCUT2D eigenvalue weighted by Crippen LogP contribution is -2.37. The van der Waals surface area contributed by atoms with E-state index in [0.29, 0.717) is 11.4 Å². The maximum absolute atomic E-state index is 12.7. The zero-order chi connectivity index (χ0) is 14.0. The van der Waals surface area contributed by atoms with Crippen molar-refractivity contribution in [3.05, 3.63) is 15.8 Å². The van der Waals surface area contributed by atoms with Crippen molar-refractivity contribution in [1.29, 1.82) is 0 Å². The van der Waals surface area contributed by atoms with Gasteiger partial charge in [0.25, 0.3) is 0 Å². The number of rotatable bonds is 5. The van der Waals surface area contributed by atoms with Crippen LogP contribution < -0.4 is 5.32 Å². The fourth-order valence-electron chi connectivity index (χ4n) is 2.20. The Hall–Kier alpha value is -0.0800. The van der Waals surface area contributed by atoms with Crippen LogP contribution >= 0.6 is 23.1 Å². The first-order valence-corrected chi connectivity index (χ1v) is 9.67. The highest BCUT2D eigenvalue weighted by Gasteiger charge is 2.32. The summed E-state index contributed by atoms with van der Waals surface area (Å²) in [5.41, 5.74) is 0. The molecule has 1 saturated heterocycles. The number of hydrogen-bond acceptors (Lipinski definition) is 5. The van der Waals surface area contributed by atoms with Crippen molar-refractivity contribution in [2.75, 3.05) is 25.6 Å². The van der Waals surface area contributed by atoms with Gasteiger partial charge < -0.3 is 5.32 Å². The molecule has 108 valence electrons. The van der Waals surface area contributed by atoms with Crippen LogP contribution in [0.4, 0.5) is 0 Å². The van der Waals surface area contributed by atoms with Gasteiger partial charge in [-0.15, -0.1) is 11.3 Å². The van der Waals surface area contributed by atoms with Gasteiger partial charge in [0.1, 0.15) is 0 Å². The summed E-state index contributed by atoms with van der Waals surface area (Å²) in [5, 5.41) is 3.06. The Balaban J connectivity index is 2.27. The molecule has 1 N–H and O–H groups in total. The minimum atomic E-state index is -3.35. The third kappa shape index (κ3) is 3.16. The molecular weight excluding hydrogens is 300 g/mol. The molecule has 4 nitrogen and oxygen atoms in total. The molecule has 0 amide bonds. The zero-order valence-corrected chi connectivity index (χ0v) is 13.9. The van der Waals surface area contributed by atoms with Crippen molar-refractivity contribution in [2.24, 2.45) is 0 Å². The van der Waals surface area contributed by atoms with Crippen molar-refractivity contribution >= 4 is 33.1 Å². The standard InChI is InChI=1S/C12H20N2O2S3/c1-9-12(6-11(18-9)7-13-2)19(15,16)14(3)10-4-5-17-8-10/h6,10,13H,4-5,7-8H2,1-3H3. The van der Waals surface area contributed by atoms with Crippen molar-refractivity contribution < 1.29 is 8.42 Å². The Morgan fingerprint density at radius 1 is 1.53 bits per heavy atom. The minimum Gasteiger partial charge on any atom is -0.315 e. The van der Waals surface area contributed by atoms with E-state index in [9.17, 15) is 8.42 Å². The summed E-state index contributed by atoms with van der Waals surface area (Å²) in [6, 6.07) is 1.95. The molecule has 1 aromatic rings. The minimum absolute atomic E-state index is 0.141. The molecule has 1 aromatic heterocycles. The summed E-state index contributed by atoms with van der Waals surface area (Å²) < 4.78 is 26.9. The molecule has 2 heterocycles. The van der Waals surface area contributed by atoms with Crippen LogP contribution in [0.2, 0.25) is 0 Å². The predicted molar refractivity (Wildman–Crippen MR) is 82.5 cm³/mol. The first-order valence-electron chi connectivity index (χ1n) is 6.26. The van der Waals surface area contributed by atoms with E-state index in [4.69, 9.17) is 0 Å². The highest BCUT2D eigenvalue weighted by Crippen LogP contribution is 2.31. The summed E-state index contributed by atoms with van der Waals surface area (Å²) in [4.78, 5) is 2.41. The van der Waals surface area contributed by atoms with Crippen molar-refractivity contribution in [3.63, 3.8) is 0 Å². The first kappa shape index (κ1) is 15.3. The highest BCUT2D eigenvalue weighted by atomic mass is 32.2. The predicted octanol–water partition coefficient (Wildman–Crippen LogP) is 1.90. The Morgan fingerprint density at radius 3 is 2.84 bits per heavy atom. The molecule has 0 aromatic carbocycles. The van der Waals surface area contributed by atoms with Crippen molar-refractivity contribution in [2.45, 2.75) is 30.8 Å². The van der Waals surface area contributed by atoms with E-state index < -0.39 is 10.0 Å². The molecule has 1 fully saturated rings. The van der Waals surface area contributed by atoms with E-state index in [0.717, 1.165) is 27.7 Å². The molecule has 0 spiro atoms. The maximum atomic E-state index is 12.7. The highest BCUT2D eigenvalue weighted by molar-refractivity contribution is 7.99. The third-order valence-electron chi connectivity index (χ3n) is 3.35. The van der Waals surface area contributed by atoms with Crippen molar-refractivity contribution in [1.82, 2.24) is 9.62 Å². The lowest BCUT2D eigenvalue weighted by Gasteiger charge is -2.22. The Bertz CT molecular complexity index is 533. The number of hydrogen-bond donors (Lipinski definition) is 1. The van der Waals surface area contributed by atoms with Gasteiger partial charge in [0.15, 0.2) is 0 Å². The fourth-order valence-corrected chi connectivity index (χ4v) is 6.56. The van der Waals surface area contributed by atoms with Gasteiger partial charge >= 0.3 is 0 Å². The SMILES string of the molecule is CNCc1cc(S(=O)(=O)N(C)C2CCSC2)c(C)s1. The molecule has 0 radical (unpaired) electrons. The Morgan fingerprint density at radius 2 is 2.26 bits per heavy atom. The number of nitrogens with one attached hydrogen (secondary N) is 1. The van der Waals surface area contributed by atoms with Gasteiger partial charge in [-0.05, 0) is 32.2 Å². The normalized spacial score (nSPS) is 20.3. The molecule has 0 aliphatic carbocycles. The number of nitrogens with zero attached hydrogens (tertiary/aromatic N) is 1. The quantitative estimate of drug-likeness (QED) is 0.900. The van der Waals surface area contributed by atoms with E-state index in [1.54, 1.807) is 22.7 Å². The maximum Gasteiger partial charge on any atom is 0.244 e. The van der Waals surface area contributed by atoms with Crippen LogP contribution in [0.5, 0.6) is 0 Å². The van der Waals surface area contributed by atoms with Gasteiger partial charge in [0.2, 0.25) is 10.0 Å². The molecule has 1 unspecified atom stereocenters. The fraction of sp³-hybridized carbons (Fsp3) is 0.667. The molecule has 1 aliphatic rings. The van der Waals surface area contributed by atoms with Crippen LogP contribution in [0.1, 0.15) is 16.2 Å². The van der Waals surface area contributed by atoms with Crippen molar-refractivity contribution in [3.8, 4) is 0 Å². The van der Waals surface area contributed by atoms with E-state index in [1.807, 2.05) is 31.8 Å². The lowest BCUT2D eigenvalue weighted by molar-refractivity contribution is 0.394. The second-order valence-corrected chi connectivity index (χ2v) is 9.16. The van der Waals surface area contributed by atoms with Crippen LogP contribution in [0.25, 0.3) is 0 Å². The van der Waals surface area contributed by atoms with Crippen LogP contribution in [-0.4, -0.2) is 44.4 Å². The van der Waals surface area contributed by atoms with E-state index >= 15 is 0 Å². The van der Waals surface area contributed by atoms with Gasteiger partial charge in [0.05, 0.1) is 4.90 Å². The average molecular weight is 321 g/mol. The van der Waals surface area contributed by atoms with Crippen LogP contribution in [0.15, 0.2) is 11.0 Å². The number of thiophene rings is 1. The molecule has 1 atom stereocenters. The van der Waals surface area contributed by atoms with Crippen LogP contribution in [0, 0.1) is 6.92 Å². The number of sulfonamides is 1. The van der Waals surface area contributed by atoms with E-state index in [2.05, 4.69) is 5.32 Å². The summed E-state index contributed by atoms with van der Waals surface area (Å²) in [6.07, 6.45) is 0.951. The Labute approximate surface area is 123 Å². The molecule has 0 saturated carbocycles. The zero-order valence-electron chi connectivity index (χ0n) is 11.5. The summed E-state index contributed by atoms with van der Waals surface area (Å²) in [5.74, 6) is 1.96. The summed E-state index contributed by atoms with van der Waals surface area (Å²) in [7, 11) is 0.227. The van der Waals surface area contributed by atoms with Gasteiger partial charge in [-0.25, -0.2) is 8.42 Å². The molecular formula is C12H20N2O2S3. The summed E-state index contributed by atoms with van der Waals surface area (Å²) in [6.45, 7) is 2.60. The van der Waals surface area contributed by atoms with Gasteiger partial charge in [-0.1, -0.05) is 0 Å². The van der Waals surface area contributed by atoms with Gasteiger partial charge in [-0.2, -0.15) is 16.1 Å². The van der Waals surface area contributed by atoms with Crippen LogP contribution in [0.3, 0.4) is 0 Å². The lowest BCUT2D eigenvalue weighted by atomic mass is 10.3. The molecule has 1 aliphatic heterocycles. The largest absolute Gasteiger partial charge is 0.315 e. The molecule has 0 bridgehead atoms. The molecule has 7 heteroatoms. The molecule has 19 heavy (non-hydrogen) atoms. The van der Waals surface area contributed by atoms with Crippen LogP contribution in [-0.2, 0) is 16.6 Å². The summed E-state index contributed by atoms with van der Waals surface area (Å²) >= 11 is 3.38. The monoisotopic (exact) mass is 320 g/mol. The van der Waals surface area contributed by atoms with E-state index in [-0.39, 0.29) is 6.04 Å². The first-order chi connectivity index (χ1) is 8.96. The average Bonchev–Trinajstić information content (AvgIpc) is 2.98. The second kappa shape index (κ2) is 6.13.